The molecule has 1 saturated heterocycles. The molecular formula is C22H20N2O3S. The third-order valence-corrected chi connectivity index (χ3v) is 5.61. The lowest BCUT2D eigenvalue weighted by Gasteiger charge is -2.12. The maximum Gasteiger partial charge on any atom is 0.265 e. The van der Waals surface area contributed by atoms with E-state index in [0.717, 1.165) is 28.3 Å². The van der Waals surface area contributed by atoms with Gasteiger partial charge in [0, 0.05) is 17.0 Å². The minimum Gasteiger partial charge on any atom is -0.488 e. The zero-order valence-electron chi connectivity index (χ0n) is 15.2. The summed E-state index contributed by atoms with van der Waals surface area (Å²) in [4.78, 5) is 25.6. The van der Waals surface area contributed by atoms with Gasteiger partial charge in [0.2, 0.25) is 5.91 Å². The van der Waals surface area contributed by atoms with Crippen LogP contribution in [0.1, 0.15) is 39.0 Å². The van der Waals surface area contributed by atoms with Gasteiger partial charge in [0.15, 0.2) is 0 Å². The van der Waals surface area contributed by atoms with E-state index in [9.17, 15) is 9.59 Å². The number of hydrogen-bond acceptors (Lipinski definition) is 4. The highest BCUT2D eigenvalue weighted by molar-refractivity contribution is 7.14. The monoisotopic (exact) mass is 392 g/mol. The van der Waals surface area contributed by atoms with E-state index in [0.29, 0.717) is 17.9 Å². The molecule has 6 heteroatoms. The second-order valence-electron chi connectivity index (χ2n) is 6.61. The first-order valence-corrected chi connectivity index (χ1v) is 9.96. The number of hydrogen-bond donors (Lipinski definition) is 2. The Morgan fingerprint density at radius 3 is 2.75 bits per heavy atom. The minimum absolute atomic E-state index is 0.0211. The first kappa shape index (κ1) is 18.3. The SMILES string of the molecule is O=C1CCC(c2cccc(NC(=O)c3ccc(COc4ccccc4)s3)c2)N1. The van der Waals surface area contributed by atoms with E-state index in [-0.39, 0.29) is 17.9 Å². The van der Waals surface area contributed by atoms with Crippen molar-refractivity contribution in [1.82, 2.24) is 5.32 Å². The van der Waals surface area contributed by atoms with Crippen molar-refractivity contribution in [2.24, 2.45) is 0 Å². The van der Waals surface area contributed by atoms with Gasteiger partial charge in [0.1, 0.15) is 12.4 Å². The van der Waals surface area contributed by atoms with Gasteiger partial charge in [-0.25, -0.2) is 0 Å². The van der Waals surface area contributed by atoms with Crippen LogP contribution in [0, 0.1) is 0 Å². The van der Waals surface area contributed by atoms with E-state index in [4.69, 9.17) is 4.74 Å². The number of amides is 2. The third-order valence-electron chi connectivity index (χ3n) is 4.55. The van der Waals surface area contributed by atoms with Gasteiger partial charge in [0.25, 0.3) is 5.91 Å². The topological polar surface area (TPSA) is 67.4 Å². The Labute approximate surface area is 167 Å². The number of benzene rings is 2. The lowest BCUT2D eigenvalue weighted by molar-refractivity contribution is -0.119. The Kier molecular flexibility index (Phi) is 5.39. The van der Waals surface area contributed by atoms with Gasteiger partial charge in [-0.3, -0.25) is 9.59 Å². The molecule has 3 aromatic rings. The quantitative estimate of drug-likeness (QED) is 0.648. The molecule has 2 heterocycles. The number of para-hydroxylation sites is 1. The average molecular weight is 392 g/mol. The first-order chi connectivity index (χ1) is 13.7. The molecule has 1 atom stereocenters. The molecule has 2 aromatic carbocycles. The Hall–Kier alpha value is -3.12. The fourth-order valence-electron chi connectivity index (χ4n) is 3.14. The summed E-state index contributed by atoms with van der Waals surface area (Å²) in [5.41, 5.74) is 1.73. The molecule has 1 fully saturated rings. The minimum atomic E-state index is -0.149. The molecule has 1 aromatic heterocycles. The largest absolute Gasteiger partial charge is 0.488 e. The lowest BCUT2D eigenvalue weighted by atomic mass is 10.0. The Bertz CT molecular complexity index is 984. The number of carbonyl (C=O) groups is 2. The average Bonchev–Trinajstić information content (AvgIpc) is 3.37. The summed E-state index contributed by atoms with van der Waals surface area (Å²) in [6.07, 6.45) is 1.33. The summed E-state index contributed by atoms with van der Waals surface area (Å²) >= 11 is 1.42. The van der Waals surface area contributed by atoms with Crippen LogP contribution in [0.25, 0.3) is 0 Å². The number of anilines is 1. The fraction of sp³-hybridized carbons (Fsp3) is 0.182. The van der Waals surface area contributed by atoms with Crippen molar-refractivity contribution >= 4 is 28.8 Å². The highest BCUT2D eigenvalue weighted by Gasteiger charge is 2.22. The van der Waals surface area contributed by atoms with Gasteiger partial charge >= 0.3 is 0 Å². The summed E-state index contributed by atoms with van der Waals surface area (Å²) in [5, 5.41) is 5.89. The third kappa shape index (κ3) is 4.40. The second kappa shape index (κ2) is 8.27. The maximum atomic E-state index is 12.6. The number of carbonyl (C=O) groups excluding carboxylic acids is 2. The van der Waals surface area contributed by atoms with Crippen LogP contribution in [0.4, 0.5) is 5.69 Å². The van der Waals surface area contributed by atoms with E-state index >= 15 is 0 Å². The molecule has 0 saturated carbocycles. The molecule has 0 spiro atoms. The molecule has 142 valence electrons. The van der Waals surface area contributed by atoms with Gasteiger partial charge in [-0.1, -0.05) is 30.3 Å². The van der Waals surface area contributed by atoms with Crippen molar-refractivity contribution < 1.29 is 14.3 Å². The smallest absolute Gasteiger partial charge is 0.265 e. The molecule has 1 aliphatic rings. The number of thiophene rings is 1. The molecular weight excluding hydrogens is 372 g/mol. The van der Waals surface area contributed by atoms with Crippen molar-refractivity contribution in [3.8, 4) is 5.75 Å². The van der Waals surface area contributed by atoms with Crippen LogP contribution < -0.4 is 15.4 Å². The van der Waals surface area contributed by atoms with Gasteiger partial charge in [-0.05, 0) is 48.4 Å². The van der Waals surface area contributed by atoms with E-state index in [1.165, 1.54) is 11.3 Å². The maximum absolute atomic E-state index is 12.6. The zero-order valence-corrected chi connectivity index (χ0v) is 16.0. The number of ether oxygens (including phenoxy) is 1. The summed E-state index contributed by atoms with van der Waals surface area (Å²) in [6.45, 7) is 0.429. The molecule has 2 amide bonds. The van der Waals surface area contributed by atoms with Crippen molar-refractivity contribution in [1.29, 1.82) is 0 Å². The molecule has 4 rings (SSSR count). The molecule has 0 bridgehead atoms. The zero-order chi connectivity index (χ0) is 19.3. The van der Waals surface area contributed by atoms with Crippen molar-refractivity contribution in [2.45, 2.75) is 25.5 Å². The summed E-state index contributed by atoms with van der Waals surface area (Å²) in [7, 11) is 0. The van der Waals surface area contributed by atoms with Crippen LogP contribution >= 0.6 is 11.3 Å². The lowest BCUT2D eigenvalue weighted by Crippen LogP contribution is -2.18. The van der Waals surface area contributed by atoms with Crippen LogP contribution in [0.15, 0.2) is 66.7 Å². The van der Waals surface area contributed by atoms with Crippen LogP contribution in [0.3, 0.4) is 0 Å². The van der Waals surface area contributed by atoms with Gasteiger partial charge in [-0.15, -0.1) is 11.3 Å². The van der Waals surface area contributed by atoms with Crippen LogP contribution in [0.5, 0.6) is 5.75 Å². The molecule has 1 unspecified atom stereocenters. The summed E-state index contributed by atoms with van der Waals surface area (Å²) in [6, 6.07) is 21.0. The predicted octanol–water partition coefficient (Wildman–Crippen LogP) is 4.53. The molecule has 0 aliphatic carbocycles. The van der Waals surface area contributed by atoms with Gasteiger partial charge in [0.05, 0.1) is 10.9 Å². The second-order valence-corrected chi connectivity index (χ2v) is 7.77. The van der Waals surface area contributed by atoms with Crippen molar-refractivity contribution in [3.05, 3.63) is 82.0 Å². The Morgan fingerprint density at radius 2 is 1.96 bits per heavy atom. The molecule has 28 heavy (non-hydrogen) atoms. The van der Waals surface area contributed by atoms with E-state index in [2.05, 4.69) is 10.6 Å². The van der Waals surface area contributed by atoms with Gasteiger partial charge in [-0.2, -0.15) is 0 Å². The first-order valence-electron chi connectivity index (χ1n) is 9.14. The van der Waals surface area contributed by atoms with Crippen LogP contribution in [-0.4, -0.2) is 11.8 Å². The van der Waals surface area contributed by atoms with Crippen LogP contribution in [0.2, 0.25) is 0 Å². The van der Waals surface area contributed by atoms with E-state index in [1.54, 1.807) is 0 Å². The molecule has 5 nitrogen and oxygen atoms in total. The predicted molar refractivity (Wildman–Crippen MR) is 110 cm³/mol. The molecule has 2 N–H and O–H groups in total. The normalized spacial score (nSPS) is 15.9. The van der Waals surface area contributed by atoms with Crippen molar-refractivity contribution in [3.63, 3.8) is 0 Å². The number of rotatable bonds is 6. The Morgan fingerprint density at radius 1 is 1.11 bits per heavy atom. The van der Waals surface area contributed by atoms with Gasteiger partial charge < -0.3 is 15.4 Å². The molecule has 0 radical (unpaired) electrons. The number of nitrogens with one attached hydrogen (secondary N) is 2. The summed E-state index contributed by atoms with van der Waals surface area (Å²) in [5.74, 6) is 0.726. The fourth-order valence-corrected chi connectivity index (χ4v) is 3.95. The Balaban J connectivity index is 1.37. The van der Waals surface area contributed by atoms with E-state index in [1.807, 2.05) is 66.7 Å². The molecule has 1 aliphatic heterocycles. The standard InChI is InChI=1S/C22H20N2O3S/c25-21-12-10-19(24-21)15-5-4-6-16(13-15)23-22(26)20-11-9-18(28-20)14-27-17-7-2-1-3-8-17/h1-9,11,13,19H,10,12,14H2,(H,23,26)(H,24,25). The highest BCUT2D eigenvalue weighted by Crippen LogP contribution is 2.26. The highest BCUT2D eigenvalue weighted by atomic mass is 32.1. The summed E-state index contributed by atoms with van der Waals surface area (Å²) < 4.78 is 5.73. The van der Waals surface area contributed by atoms with Crippen molar-refractivity contribution in [2.75, 3.05) is 5.32 Å². The van der Waals surface area contributed by atoms with E-state index < -0.39 is 0 Å². The van der Waals surface area contributed by atoms with Crippen LogP contribution in [-0.2, 0) is 11.4 Å².